The normalized spacial score (nSPS) is 17.2. The van der Waals surface area contributed by atoms with Crippen LogP contribution in [0.2, 0.25) is 0 Å². The Morgan fingerprint density at radius 1 is 1.25 bits per heavy atom. The summed E-state index contributed by atoms with van der Waals surface area (Å²) < 4.78 is 0. The Hall–Kier alpha value is -1.12. The molecular formula is C14H15NS. The molecule has 0 spiro atoms. The zero-order valence-corrected chi connectivity index (χ0v) is 10.2. The van der Waals surface area contributed by atoms with Crippen LogP contribution in [-0.4, -0.2) is 6.54 Å². The monoisotopic (exact) mass is 229 g/mol. The lowest BCUT2D eigenvalue weighted by molar-refractivity contribution is 0.840. The Kier molecular flexibility index (Phi) is 2.34. The van der Waals surface area contributed by atoms with Crippen LogP contribution < -0.4 is 5.73 Å². The largest absolute Gasteiger partial charge is 0.330 e. The summed E-state index contributed by atoms with van der Waals surface area (Å²) in [5, 5.41) is 2.17. The van der Waals surface area contributed by atoms with Crippen molar-refractivity contribution >= 4 is 11.3 Å². The van der Waals surface area contributed by atoms with Gasteiger partial charge >= 0.3 is 0 Å². The van der Waals surface area contributed by atoms with Crippen LogP contribution in [-0.2, 0) is 6.42 Å². The number of thiophene rings is 1. The fraction of sp³-hybridized carbons (Fsp3) is 0.286. The molecule has 0 fully saturated rings. The number of hydrogen-bond acceptors (Lipinski definition) is 2. The average molecular weight is 229 g/mol. The van der Waals surface area contributed by atoms with Gasteiger partial charge < -0.3 is 5.73 Å². The molecule has 2 N–H and O–H groups in total. The van der Waals surface area contributed by atoms with Gasteiger partial charge in [-0.15, -0.1) is 11.3 Å². The lowest BCUT2D eigenvalue weighted by Gasteiger charge is -2.10. The van der Waals surface area contributed by atoms with Crippen LogP contribution in [0.5, 0.6) is 0 Å². The number of nitrogens with two attached hydrogens (primary N) is 1. The highest BCUT2D eigenvalue weighted by Gasteiger charge is 2.28. The van der Waals surface area contributed by atoms with Crippen molar-refractivity contribution in [1.82, 2.24) is 0 Å². The molecule has 0 radical (unpaired) electrons. The molecule has 1 atom stereocenters. The van der Waals surface area contributed by atoms with Gasteiger partial charge in [0.15, 0.2) is 0 Å². The van der Waals surface area contributed by atoms with Gasteiger partial charge in [-0.05, 0) is 40.1 Å². The lowest BCUT2D eigenvalue weighted by Crippen LogP contribution is -2.10. The van der Waals surface area contributed by atoms with E-state index in [1.165, 1.54) is 27.1 Å². The summed E-state index contributed by atoms with van der Waals surface area (Å²) in [6, 6.07) is 9.06. The molecule has 3 rings (SSSR count). The van der Waals surface area contributed by atoms with Crippen LogP contribution >= 0.6 is 11.3 Å². The molecule has 1 aromatic carbocycles. The maximum atomic E-state index is 5.92. The number of benzene rings is 1. The van der Waals surface area contributed by atoms with Crippen molar-refractivity contribution in [2.75, 3.05) is 6.54 Å². The van der Waals surface area contributed by atoms with E-state index < -0.39 is 0 Å². The van der Waals surface area contributed by atoms with Crippen molar-refractivity contribution in [3.05, 3.63) is 46.3 Å². The third kappa shape index (κ3) is 1.27. The van der Waals surface area contributed by atoms with Gasteiger partial charge in [0.25, 0.3) is 0 Å². The average Bonchev–Trinajstić information content (AvgIpc) is 2.87. The van der Waals surface area contributed by atoms with Crippen molar-refractivity contribution < 1.29 is 0 Å². The van der Waals surface area contributed by atoms with Crippen LogP contribution in [0.1, 0.15) is 29.5 Å². The van der Waals surface area contributed by atoms with Gasteiger partial charge in [0.1, 0.15) is 0 Å². The van der Waals surface area contributed by atoms with Crippen LogP contribution in [0.4, 0.5) is 0 Å². The first-order valence-corrected chi connectivity index (χ1v) is 6.63. The number of aryl methyl sites for hydroxylation is 1. The molecule has 0 saturated heterocycles. The van der Waals surface area contributed by atoms with Gasteiger partial charge in [0.2, 0.25) is 0 Å². The molecule has 2 aromatic rings. The number of rotatable bonds is 2. The number of fused-ring (bicyclic) bond motifs is 3. The van der Waals surface area contributed by atoms with Crippen LogP contribution in [0.3, 0.4) is 0 Å². The Labute approximate surface area is 99.9 Å². The summed E-state index contributed by atoms with van der Waals surface area (Å²) in [6.45, 7) is 2.91. The van der Waals surface area contributed by atoms with Crippen LogP contribution in [0.25, 0.3) is 10.4 Å². The quantitative estimate of drug-likeness (QED) is 0.839. The van der Waals surface area contributed by atoms with E-state index >= 15 is 0 Å². The second kappa shape index (κ2) is 3.72. The highest BCUT2D eigenvalue weighted by molar-refractivity contribution is 7.13. The molecule has 2 heteroatoms. The first-order valence-electron chi connectivity index (χ1n) is 5.75. The second-order valence-electron chi connectivity index (χ2n) is 4.27. The molecule has 0 amide bonds. The summed E-state index contributed by atoms with van der Waals surface area (Å²) in [4.78, 5) is 1.42. The van der Waals surface area contributed by atoms with Crippen molar-refractivity contribution in [1.29, 1.82) is 0 Å². The molecule has 82 valence electrons. The maximum absolute atomic E-state index is 5.92. The third-order valence-electron chi connectivity index (χ3n) is 3.45. The summed E-state index contributed by atoms with van der Waals surface area (Å²) in [5.41, 5.74) is 11.6. The van der Waals surface area contributed by atoms with E-state index in [2.05, 4.69) is 36.6 Å². The van der Waals surface area contributed by atoms with Crippen molar-refractivity contribution in [3.63, 3.8) is 0 Å². The molecule has 0 aliphatic heterocycles. The van der Waals surface area contributed by atoms with Gasteiger partial charge in [0, 0.05) is 17.3 Å². The summed E-state index contributed by atoms with van der Waals surface area (Å²) in [5.74, 6) is 0.419. The van der Waals surface area contributed by atoms with E-state index in [0.29, 0.717) is 12.5 Å². The first-order chi connectivity index (χ1) is 7.85. The molecule has 1 nitrogen and oxygen atoms in total. The molecule has 0 bridgehead atoms. The van der Waals surface area contributed by atoms with Crippen molar-refractivity contribution in [3.8, 4) is 10.4 Å². The fourth-order valence-corrected chi connectivity index (χ4v) is 3.57. The minimum atomic E-state index is 0.419. The van der Waals surface area contributed by atoms with Gasteiger partial charge in [-0.3, -0.25) is 0 Å². The summed E-state index contributed by atoms with van der Waals surface area (Å²) in [7, 11) is 0. The van der Waals surface area contributed by atoms with Crippen LogP contribution in [0.15, 0.2) is 29.6 Å². The molecule has 0 saturated carbocycles. The molecule has 16 heavy (non-hydrogen) atoms. The highest BCUT2D eigenvalue weighted by atomic mass is 32.1. The second-order valence-corrected chi connectivity index (χ2v) is 5.18. The fourth-order valence-electron chi connectivity index (χ4n) is 2.56. The van der Waals surface area contributed by atoms with E-state index in [1.54, 1.807) is 0 Å². The topological polar surface area (TPSA) is 26.0 Å². The lowest BCUT2D eigenvalue weighted by atomic mass is 9.96. The maximum Gasteiger partial charge on any atom is 0.0384 e. The summed E-state index contributed by atoms with van der Waals surface area (Å²) in [6.07, 6.45) is 1.10. The molecule has 1 aromatic heterocycles. The SMILES string of the molecule is CCc1ccc2c(c1)C(CN)c1ccsc1-2. The Balaban J connectivity index is 2.21. The Morgan fingerprint density at radius 2 is 2.12 bits per heavy atom. The number of hydrogen-bond donors (Lipinski definition) is 1. The van der Waals surface area contributed by atoms with Crippen molar-refractivity contribution in [2.45, 2.75) is 19.3 Å². The Morgan fingerprint density at radius 3 is 2.88 bits per heavy atom. The minimum Gasteiger partial charge on any atom is -0.330 e. The van der Waals surface area contributed by atoms with E-state index in [-0.39, 0.29) is 0 Å². The van der Waals surface area contributed by atoms with Gasteiger partial charge in [-0.25, -0.2) is 0 Å². The van der Waals surface area contributed by atoms with Crippen LogP contribution in [0, 0.1) is 0 Å². The van der Waals surface area contributed by atoms with E-state index in [0.717, 1.165) is 6.42 Å². The molecular weight excluding hydrogens is 214 g/mol. The first kappa shape index (κ1) is 10.1. The smallest absolute Gasteiger partial charge is 0.0384 e. The van der Waals surface area contributed by atoms with Gasteiger partial charge in [-0.1, -0.05) is 25.1 Å². The molecule has 1 aliphatic rings. The van der Waals surface area contributed by atoms with E-state index in [1.807, 2.05) is 11.3 Å². The van der Waals surface area contributed by atoms with E-state index in [9.17, 15) is 0 Å². The predicted molar refractivity (Wildman–Crippen MR) is 70.0 cm³/mol. The standard InChI is InChI=1S/C14H15NS/c1-2-9-3-4-10-12(7-9)13(8-15)11-5-6-16-14(10)11/h3-7,13H,2,8,15H2,1H3. The van der Waals surface area contributed by atoms with Gasteiger partial charge in [-0.2, -0.15) is 0 Å². The zero-order chi connectivity index (χ0) is 11.1. The molecule has 1 heterocycles. The Bertz CT molecular complexity index is 527. The van der Waals surface area contributed by atoms with Crippen molar-refractivity contribution in [2.24, 2.45) is 5.73 Å². The molecule has 1 aliphatic carbocycles. The summed E-state index contributed by atoms with van der Waals surface area (Å²) >= 11 is 1.83. The van der Waals surface area contributed by atoms with Gasteiger partial charge in [0.05, 0.1) is 0 Å². The van der Waals surface area contributed by atoms with E-state index in [4.69, 9.17) is 5.73 Å². The third-order valence-corrected chi connectivity index (χ3v) is 4.41. The highest BCUT2D eigenvalue weighted by Crippen LogP contribution is 2.47. The zero-order valence-electron chi connectivity index (χ0n) is 9.36. The predicted octanol–water partition coefficient (Wildman–Crippen LogP) is 3.38. The molecule has 1 unspecified atom stereocenters. The minimum absolute atomic E-state index is 0.419.